The molecule has 1 fully saturated rings. The first-order valence-electron chi connectivity index (χ1n) is 17.1. The monoisotopic (exact) mass is 735 g/mol. The highest BCUT2D eigenvalue weighted by Gasteiger charge is 2.44. The summed E-state index contributed by atoms with van der Waals surface area (Å²) in [5, 5.41) is 26.5. The van der Waals surface area contributed by atoms with Gasteiger partial charge in [-0.3, -0.25) is 14.5 Å². The molecule has 4 amide bonds. The molecule has 3 aromatic carbocycles. The summed E-state index contributed by atoms with van der Waals surface area (Å²) < 4.78 is 39.7. The van der Waals surface area contributed by atoms with E-state index in [0.29, 0.717) is 22.6 Å². The van der Waals surface area contributed by atoms with Crippen LogP contribution in [0, 0.1) is 11.8 Å². The van der Waals surface area contributed by atoms with Crippen LogP contribution < -0.4 is 14.8 Å². The Bertz CT molecular complexity index is 1870. The summed E-state index contributed by atoms with van der Waals surface area (Å²) in [7, 11) is -4.11. The van der Waals surface area contributed by atoms with Crippen molar-refractivity contribution >= 4 is 34.1 Å². The molecule has 0 bridgehead atoms. The van der Waals surface area contributed by atoms with Gasteiger partial charge in [0.05, 0.1) is 29.8 Å². The van der Waals surface area contributed by atoms with Crippen LogP contribution in [0.4, 0.5) is 4.79 Å². The lowest BCUT2D eigenvalue weighted by Crippen LogP contribution is -2.57. The second-order valence-electron chi connectivity index (χ2n) is 13.7. The van der Waals surface area contributed by atoms with Crippen molar-refractivity contribution in [2.75, 3.05) is 26.4 Å². The number of rotatable bonds is 16. The number of hydrogen-bond acceptors (Lipinski definition) is 10. The topological polar surface area (TPSA) is 178 Å². The van der Waals surface area contributed by atoms with E-state index < -0.39 is 52.0 Å². The maximum absolute atomic E-state index is 14.2. The van der Waals surface area contributed by atoms with Crippen molar-refractivity contribution in [2.45, 2.75) is 63.7 Å². The molecule has 278 valence electrons. The van der Waals surface area contributed by atoms with E-state index in [1.807, 2.05) is 44.2 Å². The van der Waals surface area contributed by atoms with Gasteiger partial charge in [0.25, 0.3) is 5.91 Å². The van der Waals surface area contributed by atoms with Crippen molar-refractivity contribution < 1.29 is 42.6 Å². The standard InChI is InChI=1S/C37H45N5O9S/c1-24(2)19-40(52(48,49)29-13-10-27(11-14-29)18-38-47)21-31(43)30(16-26-8-6-5-7-9-26)39-36(45)35(25(3)4)42-22-34(44)41(37(42)46)20-28-12-15-32-33(17-28)51-23-50-32/h5-15,17-18,24-25,30-31,35,43,47H,16,19-23H2,1-4H3,(H,39,45)/b38-18+/t30-,31?,35+/m0/s1. The van der Waals surface area contributed by atoms with Crippen molar-refractivity contribution in [3.63, 3.8) is 0 Å². The van der Waals surface area contributed by atoms with Gasteiger partial charge >= 0.3 is 6.03 Å². The largest absolute Gasteiger partial charge is 0.454 e. The van der Waals surface area contributed by atoms with Crippen LogP contribution in [0.25, 0.3) is 0 Å². The minimum Gasteiger partial charge on any atom is -0.454 e. The molecule has 2 aliphatic heterocycles. The zero-order valence-corrected chi connectivity index (χ0v) is 30.4. The quantitative estimate of drug-likeness (QED) is 0.0861. The highest BCUT2D eigenvalue weighted by atomic mass is 32.2. The number of amides is 4. The maximum atomic E-state index is 14.2. The fraction of sp³-hybridized carbons (Fsp3) is 0.405. The minimum atomic E-state index is -4.11. The molecule has 2 aliphatic rings. The number of fused-ring (bicyclic) bond motifs is 1. The van der Waals surface area contributed by atoms with Crippen molar-refractivity contribution in [1.29, 1.82) is 0 Å². The lowest BCUT2D eigenvalue weighted by Gasteiger charge is -2.34. The molecule has 3 N–H and O–H groups in total. The van der Waals surface area contributed by atoms with Gasteiger partial charge in [0.15, 0.2) is 11.5 Å². The van der Waals surface area contributed by atoms with Crippen LogP contribution >= 0.6 is 0 Å². The fourth-order valence-corrected chi connectivity index (χ4v) is 7.96. The summed E-state index contributed by atoms with van der Waals surface area (Å²) >= 11 is 0. The van der Waals surface area contributed by atoms with E-state index in [1.54, 1.807) is 32.0 Å². The molecule has 14 nitrogen and oxygen atoms in total. The number of oxime groups is 1. The zero-order valence-electron chi connectivity index (χ0n) is 29.6. The third-order valence-electron chi connectivity index (χ3n) is 8.87. The molecule has 2 heterocycles. The zero-order chi connectivity index (χ0) is 37.6. The molecule has 5 rings (SSSR count). The van der Waals surface area contributed by atoms with Crippen LogP contribution in [-0.4, -0.2) is 102 Å². The average Bonchev–Trinajstić information content (AvgIpc) is 3.68. The lowest BCUT2D eigenvalue weighted by molar-refractivity contribution is -0.129. The number of urea groups is 1. The maximum Gasteiger partial charge on any atom is 0.328 e. The summed E-state index contributed by atoms with van der Waals surface area (Å²) in [6.45, 7) is 6.74. The Balaban J connectivity index is 1.37. The number of ether oxygens (including phenoxy) is 2. The highest BCUT2D eigenvalue weighted by molar-refractivity contribution is 7.89. The lowest BCUT2D eigenvalue weighted by atomic mass is 9.97. The third kappa shape index (κ3) is 8.89. The van der Waals surface area contributed by atoms with Crippen LogP contribution in [0.3, 0.4) is 0 Å². The Kier molecular flexibility index (Phi) is 12.2. The molecule has 0 aromatic heterocycles. The van der Waals surface area contributed by atoms with Gasteiger partial charge in [0.2, 0.25) is 22.7 Å². The Labute approximate surface area is 303 Å². The molecule has 3 aromatic rings. The van der Waals surface area contributed by atoms with Gasteiger partial charge in [0, 0.05) is 13.1 Å². The van der Waals surface area contributed by atoms with Crippen molar-refractivity contribution in [2.24, 2.45) is 17.0 Å². The molecular weight excluding hydrogens is 691 g/mol. The molecule has 0 radical (unpaired) electrons. The second-order valence-corrected chi connectivity index (χ2v) is 15.6. The van der Waals surface area contributed by atoms with E-state index in [0.717, 1.165) is 10.5 Å². The fourth-order valence-electron chi connectivity index (χ4n) is 6.33. The van der Waals surface area contributed by atoms with Crippen LogP contribution in [0.1, 0.15) is 44.4 Å². The summed E-state index contributed by atoms with van der Waals surface area (Å²) in [6, 6.07) is 17.4. The first kappa shape index (κ1) is 38.2. The Morgan fingerprint density at radius 3 is 2.31 bits per heavy atom. The molecule has 0 aliphatic carbocycles. The SMILES string of the molecule is CC(C)CN(CC(O)[C@H](Cc1ccccc1)NC(=O)[C@@H](C(C)C)N1CC(=O)N(Cc2ccc3c(c2)OCO3)C1=O)S(=O)(=O)c1ccc(/C=N/O)cc1. The van der Waals surface area contributed by atoms with E-state index in [9.17, 15) is 27.9 Å². The van der Waals surface area contributed by atoms with Crippen molar-refractivity contribution in [1.82, 2.24) is 19.4 Å². The summed E-state index contributed by atoms with van der Waals surface area (Å²) in [5.74, 6) is -0.486. The van der Waals surface area contributed by atoms with E-state index in [4.69, 9.17) is 14.7 Å². The van der Waals surface area contributed by atoms with E-state index in [-0.39, 0.29) is 50.2 Å². The number of carbonyl (C=O) groups is 3. The van der Waals surface area contributed by atoms with Crippen LogP contribution in [0.5, 0.6) is 11.5 Å². The van der Waals surface area contributed by atoms with Crippen LogP contribution in [0.15, 0.2) is 82.8 Å². The number of benzene rings is 3. The van der Waals surface area contributed by atoms with Gasteiger partial charge in [-0.25, -0.2) is 13.2 Å². The average molecular weight is 736 g/mol. The first-order valence-corrected chi connectivity index (χ1v) is 18.5. The number of nitrogens with zero attached hydrogens (tertiary/aromatic N) is 4. The highest BCUT2D eigenvalue weighted by Crippen LogP contribution is 2.33. The van der Waals surface area contributed by atoms with Gasteiger partial charge < -0.3 is 30.0 Å². The summed E-state index contributed by atoms with van der Waals surface area (Å²) in [5.41, 5.74) is 1.94. The Morgan fingerprint density at radius 1 is 0.962 bits per heavy atom. The number of carbonyl (C=O) groups excluding carboxylic acids is 3. The van der Waals surface area contributed by atoms with Crippen LogP contribution in [-0.2, 0) is 32.6 Å². The predicted octanol–water partition coefficient (Wildman–Crippen LogP) is 3.45. The number of sulfonamides is 1. The van der Waals surface area contributed by atoms with E-state index in [1.165, 1.54) is 39.7 Å². The molecule has 1 unspecified atom stereocenters. The first-order chi connectivity index (χ1) is 24.8. The number of imide groups is 1. The molecule has 15 heteroatoms. The minimum absolute atomic E-state index is 0.0125. The van der Waals surface area contributed by atoms with E-state index >= 15 is 0 Å². The Hall–Kier alpha value is -4.99. The number of nitrogens with one attached hydrogen (secondary N) is 1. The van der Waals surface area contributed by atoms with Crippen molar-refractivity contribution in [3.8, 4) is 11.5 Å². The van der Waals surface area contributed by atoms with Gasteiger partial charge in [-0.05, 0) is 59.2 Å². The number of hydrogen-bond donors (Lipinski definition) is 3. The van der Waals surface area contributed by atoms with Gasteiger partial charge in [0.1, 0.15) is 12.6 Å². The predicted molar refractivity (Wildman–Crippen MR) is 191 cm³/mol. The molecule has 1 saturated heterocycles. The third-order valence-corrected chi connectivity index (χ3v) is 10.7. The molecule has 0 saturated carbocycles. The second kappa shape index (κ2) is 16.6. The molecular formula is C37H45N5O9S. The molecule has 52 heavy (non-hydrogen) atoms. The van der Waals surface area contributed by atoms with Gasteiger partial charge in [-0.2, -0.15) is 4.31 Å². The van der Waals surface area contributed by atoms with Crippen LogP contribution in [0.2, 0.25) is 0 Å². The molecule has 3 atom stereocenters. The summed E-state index contributed by atoms with van der Waals surface area (Å²) in [4.78, 5) is 43.4. The van der Waals surface area contributed by atoms with Gasteiger partial charge in [-0.15, -0.1) is 0 Å². The smallest absolute Gasteiger partial charge is 0.328 e. The normalized spacial score (nSPS) is 16.4. The summed E-state index contributed by atoms with van der Waals surface area (Å²) in [6.07, 6.45) is -0.0351. The number of aliphatic hydroxyl groups excluding tert-OH is 1. The Morgan fingerprint density at radius 2 is 1.65 bits per heavy atom. The number of aliphatic hydroxyl groups is 1. The van der Waals surface area contributed by atoms with E-state index in [2.05, 4.69) is 10.5 Å². The molecule has 0 spiro atoms. The van der Waals surface area contributed by atoms with Gasteiger partial charge in [-0.1, -0.05) is 81.4 Å². The van der Waals surface area contributed by atoms with Crippen molar-refractivity contribution in [3.05, 3.63) is 89.5 Å².